The van der Waals surface area contributed by atoms with Crippen LogP contribution in [-0.2, 0) is 6.18 Å². The number of aliphatic hydroxyl groups excluding tert-OH is 1. The predicted molar refractivity (Wildman–Crippen MR) is 56.2 cm³/mol. The summed E-state index contributed by atoms with van der Waals surface area (Å²) in [4.78, 5) is 6.40. The van der Waals surface area contributed by atoms with E-state index in [1.807, 2.05) is 0 Å². The van der Waals surface area contributed by atoms with E-state index in [0.29, 0.717) is 0 Å². The topological polar surface area (TPSA) is 84.1 Å². The quantitative estimate of drug-likeness (QED) is 0.752. The molecule has 0 spiro atoms. The van der Waals surface area contributed by atoms with Gasteiger partial charge in [0.15, 0.2) is 0 Å². The molecule has 0 aliphatic carbocycles. The van der Waals surface area contributed by atoms with Gasteiger partial charge in [0.1, 0.15) is 11.6 Å². The van der Waals surface area contributed by atoms with Crippen molar-refractivity contribution in [1.29, 1.82) is 0 Å². The minimum Gasteiger partial charge on any atom is -0.394 e. The second-order valence-corrected chi connectivity index (χ2v) is 4.17. The Kier molecular flexibility index (Phi) is 3.46. The molecule has 0 saturated carbocycles. The van der Waals surface area contributed by atoms with Crippen LogP contribution in [0, 0.1) is 0 Å². The summed E-state index contributed by atoms with van der Waals surface area (Å²) in [5, 5.41) is 11.6. The van der Waals surface area contributed by atoms with Gasteiger partial charge in [0, 0.05) is 6.07 Å². The Morgan fingerprint density at radius 1 is 1.35 bits per heavy atom. The minimum absolute atomic E-state index is 0.0797. The second-order valence-electron chi connectivity index (χ2n) is 4.17. The van der Waals surface area contributed by atoms with Crippen LogP contribution in [0.5, 0.6) is 0 Å². The van der Waals surface area contributed by atoms with Gasteiger partial charge in [-0.15, -0.1) is 0 Å². The average Bonchev–Trinajstić information content (AvgIpc) is 2.14. The summed E-state index contributed by atoms with van der Waals surface area (Å²) in [7, 11) is 0. The molecule has 1 heterocycles. The molecule has 5 nitrogen and oxygen atoms in total. The number of halogens is 3. The van der Waals surface area contributed by atoms with Crippen molar-refractivity contribution >= 4 is 11.6 Å². The Hall–Kier alpha value is -1.57. The van der Waals surface area contributed by atoms with Gasteiger partial charge in [-0.1, -0.05) is 0 Å². The molecule has 0 aliphatic heterocycles. The standard InChI is InChI=1S/C9H13F3N4O/c1-8(2,4-17)16-6-3-5(13)14-7(15-6)9(10,11)12/h3,17H,4H2,1-2H3,(H3,13,14,15,16). The second kappa shape index (κ2) is 4.36. The fourth-order valence-electron chi connectivity index (χ4n) is 1.04. The molecule has 0 atom stereocenters. The smallest absolute Gasteiger partial charge is 0.394 e. The first-order chi connectivity index (χ1) is 7.64. The first kappa shape index (κ1) is 13.5. The number of nitrogens with one attached hydrogen (secondary N) is 1. The molecular formula is C9H13F3N4O. The van der Waals surface area contributed by atoms with E-state index in [2.05, 4.69) is 15.3 Å². The zero-order chi connectivity index (χ0) is 13.3. The van der Waals surface area contributed by atoms with Crippen LogP contribution in [-0.4, -0.2) is 27.2 Å². The predicted octanol–water partition coefficient (Wildman–Crippen LogP) is 1.26. The Labute approximate surface area is 95.9 Å². The fraction of sp³-hybridized carbons (Fsp3) is 0.556. The van der Waals surface area contributed by atoms with Crippen molar-refractivity contribution in [3.8, 4) is 0 Å². The molecule has 0 amide bonds. The molecule has 0 aromatic carbocycles. The lowest BCUT2D eigenvalue weighted by atomic mass is 10.1. The molecule has 1 aromatic rings. The van der Waals surface area contributed by atoms with Crippen molar-refractivity contribution in [2.45, 2.75) is 25.6 Å². The third-order valence-electron chi connectivity index (χ3n) is 1.86. The Balaban J connectivity index is 3.06. The van der Waals surface area contributed by atoms with Crippen molar-refractivity contribution in [3.05, 3.63) is 11.9 Å². The maximum absolute atomic E-state index is 12.4. The molecule has 0 saturated heterocycles. The number of nitrogen functional groups attached to an aromatic ring is 1. The van der Waals surface area contributed by atoms with Crippen LogP contribution in [0.3, 0.4) is 0 Å². The van der Waals surface area contributed by atoms with E-state index in [1.54, 1.807) is 13.8 Å². The first-order valence-corrected chi connectivity index (χ1v) is 4.75. The molecule has 17 heavy (non-hydrogen) atoms. The fourth-order valence-corrected chi connectivity index (χ4v) is 1.04. The molecule has 0 unspecified atom stereocenters. The number of nitrogens with two attached hydrogens (primary N) is 1. The lowest BCUT2D eigenvalue weighted by Gasteiger charge is -2.24. The van der Waals surface area contributed by atoms with Gasteiger partial charge in [0.05, 0.1) is 12.1 Å². The lowest BCUT2D eigenvalue weighted by molar-refractivity contribution is -0.144. The largest absolute Gasteiger partial charge is 0.451 e. The average molecular weight is 250 g/mol. The number of aliphatic hydroxyl groups is 1. The maximum Gasteiger partial charge on any atom is 0.451 e. The molecule has 96 valence electrons. The minimum atomic E-state index is -4.66. The summed E-state index contributed by atoms with van der Waals surface area (Å²) in [6, 6.07) is 1.17. The summed E-state index contributed by atoms with van der Waals surface area (Å²) < 4.78 is 37.2. The van der Waals surface area contributed by atoms with E-state index in [0.717, 1.165) is 0 Å². The van der Waals surface area contributed by atoms with Gasteiger partial charge in [-0.2, -0.15) is 13.2 Å². The lowest BCUT2D eigenvalue weighted by Crippen LogP contribution is -2.35. The Morgan fingerprint density at radius 3 is 2.41 bits per heavy atom. The number of nitrogens with zero attached hydrogens (tertiary/aromatic N) is 2. The number of hydrogen-bond donors (Lipinski definition) is 3. The van der Waals surface area contributed by atoms with E-state index in [1.165, 1.54) is 6.07 Å². The highest BCUT2D eigenvalue weighted by Gasteiger charge is 2.35. The van der Waals surface area contributed by atoms with E-state index in [-0.39, 0.29) is 18.2 Å². The first-order valence-electron chi connectivity index (χ1n) is 4.75. The molecule has 1 rings (SSSR count). The van der Waals surface area contributed by atoms with Gasteiger partial charge in [0.25, 0.3) is 0 Å². The Bertz CT molecular complexity index is 406. The summed E-state index contributed by atoms with van der Waals surface area (Å²) in [5.41, 5.74) is 4.46. The Morgan fingerprint density at radius 2 is 1.94 bits per heavy atom. The number of alkyl halides is 3. The number of aromatic nitrogens is 2. The van der Waals surface area contributed by atoms with Gasteiger partial charge in [-0.05, 0) is 13.8 Å². The van der Waals surface area contributed by atoms with E-state index < -0.39 is 17.5 Å². The van der Waals surface area contributed by atoms with Crippen LogP contribution in [0.2, 0.25) is 0 Å². The van der Waals surface area contributed by atoms with Gasteiger partial charge >= 0.3 is 6.18 Å². The summed E-state index contributed by atoms with van der Waals surface area (Å²) in [6.45, 7) is 2.95. The molecule has 0 bridgehead atoms. The van der Waals surface area contributed by atoms with Crippen LogP contribution in [0.4, 0.5) is 24.8 Å². The number of rotatable bonds is 3. The van der Waals surface area contributed by atoms with Gasteiger partial charge in [0.2, 0.25) is 5.82 Å². The zero-order valence-corrected chi connectivity index (χ0v) is 9.34. The molecular weight excluding hydrogens is 237 g/mol. The molecule has 0 aliphatic rings. The molecule has 1 aromatic heterocycles. The summed E-state index contributed by atoms with van der Waals surface area (Å²) in [5.74, 6) is -1.68. The summed E-state index contributed by atoms with van der Waals surface area (Å²) in [6.07, 6.45) is -4.66. The molecule has 4 N–H and O–H groups in total. The van der Waals surface area contributed by atoms with E-state index in [4.69, 9.17) is 10.8 Å². The van der Waals surface area contributed by atoms with E-state index >= 15 is 0 Å². The van der Waals surface area contributed by atoms with Crippen LogP contribution in [0.1, 0.15) is 19.7 Å². The normalized spacial score (nSPS) is 12.6. The van der Waals surface area contributed by atoms with Crippen molar-refractivity contribution in [2.24, 2.45) is 0 Å². The van der Waals surface area contributed by atoms with Crippen molar-refractivity contribution in [1.82, 2.24) is 9.97 Å². The number of hydrogen-bond acceptors (Lipinski definition) is 5. The molecule has 0 fully saturated rings. The van der Waals surface area contributed by atoms with Crippen LogP contribution >= 0.6 is 0 Å². The van der Waals surface area contributed by atoms with Gasteiger partial charge < -0.3 is 16.2 Å². The van der Waals surface area contributed by atoms with Crippen LogP contribution in [0.15, 0.2) is 6.07 Å². The highest BCUT2D eigenvalue weighted by atomic mass is 19.4. The van der Waals surface area contributed by atoms with E-state index in [9.17, 15) is 13.2 Å². The monoisotopic (exact) mass is 250 g/mol. The SMILES string of the molecule is CC(C)(CO)Nc1cc(N)nc(C(F)(F)F)n1. The third kappa shape index (κ3) is 3.74. The number of anilines is 2. The third-order valence-corrected chi connectivity index (χ3v) is 1.86. The highest BCUT2D eigenvalue weighted by Crippen LogP contribution is 2.28. The highest BCUT2D eigenvalue weighted by molar-refractivity contribution is 5.46. The van der Waals surface area contributed by atoms with Crippen LogP contribution in [0.25, 0.3) is 0 Å². The van der Waals surface area contributed by atoms with Crippen molar-refractivity contribution in [3.63, 3.8) is 0 Å². The van der Waals surface area contributed by atoms with Gasteiger partial charge in [-0.3, -0.25) is 0 Å². The summed E-state index contributed by atoms with van der Waals surface area (Å²) >= 11 is 0. The maximum atomic E-state index is 12.4. The molecule has 8 heteroatoms. The molecule has 0 radical (unpaired) electrons. The van der Waals surface area contributed by atoms with Crippen molar-refractivity contribution < 1.29 is 18.3 Å². The van der Waals surface area contributed by atoms with Crippen LogP contribution < -0.4 is 11.1 Å². The van der Waals surface area contributed by atoms with Gasteiger partial charge in [-0.25, -0.2) is 9.97 Å². The van der Waals surface area contributed by atoms with Crippen molar-refractivity contribution in [2.75, 3.05) is 17.7 Å². The zero-order valence-electron chi connectivity index (χ0n) is 9.34.